The van der Waals surface area contributed by atoms with Crippen molar-refractivity contribution in [3.63, 3.8) is 0 Å². The summed E-state index contributed by atoms with van der Waals surface area (Å²) in [5.41, 5.74) is 2.63. The number of hydrogen-bond acceptors (Lipinski definition) is 3. The van der Waals surface area contributed by atoms with Gasteiger partial charge in [0.2, 0.25) is 0 Å². The maximum Gasteiger partial charge on any atom is 0.146 e. The molecule has 1 aromatic carbocycles. The minimum atomic E-state index is 0.380. The van der Waals surface area contributed by atoms with E-state index in [1.54, 1.807) is 13.4 Å². The third-order valence-corrected chi connectivity index (χ3v) is 2.05. The summed E-state index contributed by atoms with van der Waals surface area (Å²) in [4.78, 5) is 7.12. The fraction of sp³-hybridized carbons (Fsp3) is 0.200. The lowest BCUT2D eigenvalue weighted by atomic mass is 10.1. The van der Waals surface area contributed by atoms with Gasteiger partial charge >= 0.3 is 0 Å². The van der Waals surface area contributed by atoms with Crippen LogP contribution < -0.4 is 4.74 Å². The molecule has 0 saturated heterocycles. The van der Waals surface area contributed by atoms with Gasteiger partial charge in [0.05, 0.1) is 31.4 Å². The molecule has 0 spiro atoms. The predicted octanol–water partition coefficient (Wildman–Crippen LogP) is 1.64. The van der Waals surface area contributed by atoms with Gasteiger partial charge in [-0.2, -0.15) is 5.26 Å². The number of ether oxygens (including phenoxy) is 1. The number of imidazole rings is 1. The number of rotatable bonds is 2. The first-order valence-electron chi connectivity index (χ1n) is 4.22. The number of fused-ring (bicyclic) bond motifs is 1. The quantitative estimate of drug-likeness (QED) is 0.777. The molecule has 4 heteroatoms. The van der Waals surface area contributed by atoms with Crippen LogP contribution >= 0.6 is 0 Å². The molecule has 0 amide bonds. The highest BCUT2D eigenvalue weighted by atomic mass is 16.5. The van der Waals surface area contributed by atoms with Crippen molar-refractivity contribution in [3.8, 4) is 11.8 Å². The molecule has 0 aliphatic heterocycles. The van der Waals surface area contributed by atoms with Crippen molar-refractivity contribution < 1.29 is 4.74 Å². The lowest BCUT2D eigenvalue weighted by Crippen LogP contribution is -1.88. The fourth-order valence-electron chi connectivity index (χ4n) is 1.42. The second kappa shape index (κ2) is 3.38. The molecule has 0 aliphatic carbocycles. The molecule has 0 radical (unpaired) electrons. The molecular weight excluding hydrogens is 178 g/mol. The summed E-state index contributed by atoms with van der Waals surface area (Å²) in [6.45, 7) is 0. The largest absolute Gasteiger partial charge is 0.494 e. The smallest absolute Gasteiger partial charge is 0.146 e. The van der Waals surface area contributed by atoms with Crippen LogP contribution in [-0.2, 0) is 6.42 Å². The van der Waals surface area contributed by atoms with Crippen molar-refractivity contribution in [1.29, 1.82) is 5.26 Å². The number of nitrogens with zero attached hydrogens (tertiary/aromatic N) is 2. The maximum absolute atomic E-state index is 8.59. The molecule has 0 fully saturated rings. The highest BCUT2D eigenvalue weighted by molar-refractivity contribution is 5.82. The number of H-pyrrole nitrogens is 1. The van der Waals surface area contributed by atoms with Gasteiger partial charge in [0.15, 0.2) is 0 Å². The van der Waals surface area contributed by atoms with Gasteiger partial charge in [0.25, 0.3) is 0 Å². The van der Waals surface area contributed by atoms with Crippen LogP contribution in [0.1, 0.15) is 5.56 Å². The SMILES string of the molecule is COc1cc(CC#N)cc2[nH]cnc12. The van der Waals surface area contributed by atoms with Crippen molar-refractivity contribution in [1.82, 2.24) is 9.97 Å². The summed E-state index contributed by atoms with van der Waals surface area (Å²) in [7, 11) is 1.60. The maximum atomic E-state index is 8.59. The van der Waals surface area contributed by atoms with Gasteiger partial charge in [0.1, 0.15) is 11.3 Å². The molecule has 0 aliphatic rings. The Balaban J connectivity index is 2.62. The number of methoxy groups -OCH3 is 1. The van der Waals surface area contributed by atoms with E-state index in [0.29, 0.717) is 12.2 Å². The van der Waals surface area contributed by atoms with E-state index in [1.807, 2.05) is 12.1 Å². The molecule has 0 saturated carbocycles. The second-order valence-electron chi connectivity index (χ2n) is 2.93. The van der Waals surface area contributed by atoms with E-state index in [9.17, 15) is 0 Å². The Morgan fingerprint density at radius 2 is 2.43 bits per heavy atom. The van der Waals surface area contributed by atoms with E-state index in [1.165, 1.54) is 0 Å². The molecule has 1 heterocycles. The number of benzene rings is 1. The number of nitrogens with one attached hydrogen (secondary N) is 1. The molecule has 2 rings (SSSR count). The average molecular weight is 187 g/mol. The van der Waals surface area contributed by atoms with E-state index in [0.717, 1.165) is 16.6 Å². The minimum Gasteiger partial charge on any atom is -0.494 e. The zero-order valence-corrected chi connectivity index (χ0v) is 7.74. The average Bonchev–Trinajstić information content (AvgIpc) is 2.65. The van der Waals surface area contributed by atoms with Crippen LogP contribution in [0.5, 0.6) is 5.75 Å². The van der Waals surface area contributed by atoms with Gasteiger partial charge in [0, 0.05) is 0 Å². The minimum absolute atomic E-state index is 0.380. The summed E-state index contributed by atoms with van der Waals surface area (Å²) >= 11 is 0. The van der Waals surface area contributed by atoms with Gasteiger partial charge in [-0.05, 0) is 17.7 Å². The number of aromatic amines is 1. The van der Waals surface area contributed by atoms with Gasteiger partial charge in [-0.1, -0.05) is 0 Å². The first-order chi connectivity index (χ1) is 6.85. The predicted molar refractivity (Wildman–Crippen MR) is 52.0 cm³/mol. The van der Waals surface area contributed by atoms with E-state index in [2.05, 4.69) is 16.0 Å². The van der Waals surface area contributed by atoms with Crippen LogP contribution in [0.3, 0.4) is 0 Å². The van der Waals surface area contributed by atoms with E-state index in [4.69, 9.17) is 10.00 Å². The molecular formula is C10H9N3O. The number of aromatic nitrogens is 2. The van der Waals surface area contributed by atoms with Crippen molar-refractivity contribution in [2.75, 3.05) is 7.11 Å². The van der Waals surface area contributed by atoms with Crippen LogP contribution in [0.15, 0.2) is 18.5 Å². The summed E-state index contributed by atoms with van der Waals surface area (Å²) < 4.78 is 5.18. The van der Waals surface area contributed by atoms with Crippen LogP contribution in [0, 0.1) is 11.3 Å². The highest BCUT2D eigenvalue weighted by Gasteiger charge is 2.06. The number of nitriles is 1. The standard InChI is InChI=1S/C10H9N3O/c1-14-9-5-7(2-3-11)4-8-10(9)13-6-12-8/h4-6H,2H2,1H3,(H,12,13). The monoisotopic (exact) mass is 187 g/mol. The molecule has 0 atom stereocenters. The Labute approximate surface area is 81.1 Å². The topological polar surface area (TPSA) is 61.7 Å². The van der Waals surface area contributed by atoms with Gasteiger partial charge in [-0.15, -0.1) is 0 Å². The molecule has 70 valence electrons. The molecule has 1 N–H and O–H groups in total. The van der Waals surface area contributed by atoms with Gasteiger partial charge in [-0.3, -0.25) is 0 Å². The third kappa shape index (κ3) is 1.29. The lowest BCUT2D eigenvalue weighted by molar-refractivity contribution is 0.418. The Kier molecular flexibility index (Phi) is 2.07. The second-order valence-corrected chi connectivity index (χ2v) is 2.93. The fourth-order valence-corrected chi connectivity index (χ4v) is 1.42. The highest BCUT2D eigenvalue weighted by Crippen LogP contribution is 2.24. The first-order valence-corrected chi connectivity index (χ1v) is 4.22. The van der Waals surface area contributed by atoms with E-state index in [-0.39, 0.29) is 0 Å². The third-order valence-electron chi connectivity index (χ3n) is 2.05. The molecule has 0 bridgehead atoms. The molecule has 2 aromatic rings. The van der Waals surface area contributed by atoms with Gasteiger partial charge < -0.3 is 9.72 Å². The Bertz CT molecular complexity index is 496. The lowest BCUT2D eigenvalue weighted by Gasteiger charge is -2.02. The molecule has 1 aromatic heterocycles. The molecule has 4 nitrogen and oxygen atoms in total. The summed E-state index contributed by atoms with van der Waals surface area (Å²) in [5.74, 6) is 0.703. The normalized spacial score (nSPS) is 10.0. The van der Waals surface area contributed by atoms with Crippen molar-refractivity contribution in [2.45, 2.75) is 6.42 Å². The Morgan fingerprint density at radius 1 is 1.57 bits per heavy atom. The van der Waals surface area contributed by atoms with Crippen molar-refractivity contribution in [2.24, 2.45) is 0 Å². The zero-order chi connectivity index (χ0) is 9.97. The molecule has 0 unspecified atom stereocenters. The van der Waals surface area contributed by atoms with Crippen molar-refractivity contribution >= 4 is 11.0 Å². The number of hydrogen-bond donors (Lipinski definition) is 1. The first kappa shape index (κ1) is 8.57. The molecule has 14 heavy (non-hydrogen) atoms. The van der Waals surface area contributed by atoms with Gasteiger partial charge in [-0.25, -0.2) is 4.98 Å². The van der Waals surface area contributed by atoms with Crippen LogP contribution in [0.4, 0.5) is 0 Å². The summed E-state index contributed by atoms with van der Waals surface area (Å²) in [6, 6.07) is 5.85. The van der Waals surface area contributed by atoms with E-state index < -0.39 is 0 Å². The Morgan fingerprint density at radius 3 is 3.14 bits per heavy atom. The Hall–Kier alpha value is -2.02. The van der Waals surface area contributed by atoms with E-state index >= 15 is 0 Å². The van der Waals surface area contributed by atoms with Crippen LogP contribution in [-0.4, -0.2) is 17.1 Å². The zero-order valence-electron chi connectivity index (χ0n) is 7.74. The van der Waals surface area contributed by atoms with Crippen LogP contribution in [0.2, 0.25) is 0 Å². The van der Waals surface area contributed by atoms with Crippen LogP contribution in [0.25, 0.3) is 11.0 Å². The summed E-state index contributed by atoms with van der Waals surface area (Å²) in [6.07, 6.45) is 1.99. The summed E-state index contributed by atoms with van der Waals surface area (Å²) in [5, 5.41) is 8.59. The van der Waals surface area contributed by atoms with Crippen molar-refractivity contribution in [3.05, 3.63) is 24.0 Å².